The first kappa shape index (κ1) is 19.2. The minimum Gasteiger partial charge on any atom is -0.334 e. The largest absolute Gasteiger partial charge is 0.334 e. The summed E-state index contributed by atoms with van der Waals surface area (Å²) < 4.78 is 29.0. The molecule has 148 valence electrons. The van der Waals surface area contributed by atoms with E-state index >= 15 is 0 Å². The minimum atomic E-state index is -3.77. The Bertz CT molecular complexity index is 1330. The highest BCUT2D eigenvalue weighted by Crippen LogP contribution is 2.30. The van der Waals surface area contributed by atoms with Crippen LogP contribution in [0.3, 0.4) is 0 Å². The minimum absolute atomic E-state index is 0.0168. The maximum atomic E-state index is 12.5. The van der Waals surface area contributed by atoms with E-state index in [2.05, 4.69) is 19.7 Å². The summed E-state index contributed by atoms with van der Waals surface area (Å²) in [6.07, 6.45) is 4.30. The Morgan fingerprint density at radius 2 is 2.03 bits per heavy atom. The van der Waals surface area contributed by atoms with Crippen molar-refractivity contribution >= 4 is 33.1 Å². The van der Waals surface area contributed by atoms with Crippen molar-refractivity contribution in [2.24, 2.45) is 0 Å². The molecule has 0 amide bonds. The number of fused-ring (bicyclic) bond motifs is 1. The molecule has 0 saturated carbocycles. The molecule has 0 aliphatic carbocycles. The summed E-state index contributed by atoms with van der Waals surface area (Å²) in [4.78, 5) is 23.9. The van der Waals surface area contributed by atoms with Crippen LogP contribution >= 0.6 is 11.8 Å². The Labute approximate surface area is 171 Å². The summed E-state index contributed by atoms with van der Waals surface area (Å²) in [7, 11) is -3.77. The van der Waals surface area contributed by atoms with Gasteiger partial charge in [-0.15, -0.1) is 11.8 Å². The first-order valence-corrected chi connectivity index (χ1v) is 11.1. The molecule has 29 heavy (non-hydrogen) atoms. The van der Waals surface area contributed by atoms with Gasteiger partial charge in [-0.2, -0.15) is 8.42 Å². The summed E-state index contributed by atoms with van der Waals surface area (Å²) in [5, 5.41) is -0.0168. The standard InChI is InChI=1S/C19H17N5O3S2/c1-13-6-7-17-22-14(8-19(25)24(17)10-13)11-28-16-5-3-2-4-15(16)23-29(26,27)18-9-20-12-21-18/h2-10,12,23H,11H2,1H3,(H,20,21). The average molecular weight is 428 g/mol. The van der Waals surface area contributed by atoms with E-state index in [0.29, 0.717) is 22.8 Å². The molecular weight excluding hydrogens is 410 g/mol. The summed E-state index contributed by atoms with van der Waals surface area (Å²) >= 11 is 1.40. The molecule has 0 aliphatic heterocycles. The Balaban J connectivity index is 1.58. The number of rotatable bonds is 6. The predicted molar refractivity (Wildman–Crippen MR) is 112 cm³/mol. The number of hydrogen-bond donors (Lipinski definition) is 2. The van der Waals surface area contributed by atoms with E-state index in [4.69, 9.17) is 0 Å². The van der Waals surface area contributed by atoms with Gasteiger partial charge in [0, 0.05) is 22.9 Å². The molecular formula is C19H17N5O3S2. The van der Waals surface area contributed by atoms with E-state index in [1.54, 1.807) is 24.4 Å². The Hall–Kier alpha value is -3.11. The highest BCUT2D eigenvalue weighted by atomic mass is 32.2. The normalized spacial score (nSPS) is 11.6. The lowest BCUT2D eigenvalue weighted by Crippen LogP contribution is -2.15. The van der Waals surface area contributed by atoms with Crippen molar-refractivity contribution in [3.8, 4) is 0 Å². The molecule has 2 N–H and O–H groups in total. The lowest BCUT2D eigenvalue weighted by Gasteiger charge is -2.11. The number of benzene rings is 1. The molecule has 10 heteroatoms. The van der Waals surface area contributed by atoms with Gasteiger partial charge in [-0.1, -0.05) is 18.2 Å². The molecule has 0 spiro atoms. The van der Waals surface area contributed by atoms with Crippen molar-refractivity contribution in [3.63, 3.8) is 0 Å². The number of anilines is 1. The van der Waals surface area contributed by atoms with E-state index in [9.17, 15) is 13.2 Å². The quantitative estimate of drug-likeness (QED) is 0.458. The van der Waals surface area contributed by atoms with Crippen LogP contribution in [-0.4, -0.2) is 27.8 Å². The second-order valence-corrected chi connectivity index (χ2v) is 8.99. The van der Waals surface area contributed by atoms with Crippen LogP contribution in [0.1, 0.15) is 11.3 Å². The third-order valence-electron chi connectivity index (χ3n) is 4.13. The number of para-hydroxylation sites is 1. The Kier molecular flexibility index (Phi) is 5.12. The van der Waals surface area contributed by atoms with E-state index in [1.807, 2.05) is 25.1 Å². The van der Waals surface area contributed by atoms with Gasteiger partial charge in [0.15, 0.2) is 5.03 Å². The SMILES string of the molecule is Cc1ccc2nc(CSc3ccccc3NS(=O)(=O)c3cnc[nH]3)cc(=O)n2c1. The van der Waals surface area contributed by atoms with Gasteiger partial charge in [-0.05, 0) is 30.7 Å². The fourth-order valence-corrected chi connectivity index (χ4v) is 4.70. The summed E-state index contributed by atoms with van der Waals surface area (Å²) in [5.41, 5.74) is 2.46. The van der Waals surface area contributed by atoms with Gasteiger partial charge < -0.3 is 4.98 Å². The second kappa shape index (κ2) is 7.72. The van der Waals surface area contributed by atoms with Gasteiger partial charge in [0.25, 0.3) is 15.6 Å². The summed E-state index contributed by atoms with van der Waals surface area (Å²) in [6.45, 7) is 1.91. The average Bonchev–Trinajstić information content (AvgIpc) is 3.24. The van der Waals surface area contributed by atoms with Gasteiger partial charge in [0.05, 0.1) is 23.9 Å². The van der Waals surface area contributed by atoms with Crippen LogP contribution in [-0.2, 0) is 15.8 Å². The van der Waals surface area contributed by atoms with Gasteiger partial charge in [-0.3, -0.25) is 13.9 Å². The molecule has 0 radical (unpaired) electrons. The lowest BCUT2D eigenvalue weighted by atomic mass is 10.3. The highest BCUT2D eigenvalue weighted by Gasteiger charge is 2.17. The van der Waals surface area contributed by atoms with Crippen molar-refractivity contribution in [1.29, 1.82) is 0 Å². The zero-order valence-corrected chi connectivity index (χ0v) is 17.0. The van der Waals surface area contributed by atoms with E-state index < -0.39 is 10.0 Å². The number of nitrogens with zero attached hydrogens (tertiary/aromatic N) is 3. The van der Waals surface area contributed by atoms with Gasteiger partial charge in [0.1, 0.15) is 5.65 Å². The predicted octanol–water partition coefficient (Wildman–Crippen LogP) is 2.82. The van der Waals surface area contributed by atoms with Crippen LogP contribution < -0.4 is 10.3 Å². The fourth-order valence-electron chi connectivity index (χ4n) is 2.75. The van der Waals surface area contributed by atoms with Crippen LogP contribution in [0, 0.1) is 6.92 Å². The molecule has 0 unspecified atom stereocenters. The molecule has 3 aromatic heterocycles. The van der Waals surface area contributed by atoms with Crippen molar-refractivity contribution in [2.45, 2.75) is 22.6 Å². The third kappa shape index (κ3) is 4.17. The molecule has 4 rings (SSSR count). The van der Waals surface area contributed by atoms with Gasteiger partial charge >= 0.3 is 0 Å². The van der Waals surface area contributed by atoms with E-state index in [1.165, 1.54) is 34.8 Å². The molecule has 8 nitrogen and oxygen atoms in total. The number of imidazole rings is 1. The highest BCUT2D eigenvalue weighted by molar-refractivity contribution is 7.98. The maximum absolute atomic E-state index is 12.5. The Morgan fingerprint density at radius 3 is 2.83 bits per heavy atom. The molecule has 0 fully saturated rings. The fraction of sp³-hybridized carbons (Fsp3) is 0.105. The van der Waals surface area contributed by atoms with Crippen LogP contribution in [0.4, 0.5) is 5.69 Å². The van der Waals surface area contributed by atoms with E-state index in [-0.39, 0.29) is 10.6 Å². The lowest BCUT2D eigenvalue weighted by molar-refractivity contribution is 0.598. The molecule has 0 atom stereocenters. The molecule has 3 heterocycles. The zero-order chi connectivity index (χ0) is 20.4. The summed E-state index contributed by atoms with van der Waals surface area (Å²) in [5.74, 6) is 0.419. The first-order valence-electron chi connectivity index (χ1n) is 8.64. The molecule has 0 aliphatic rings. The second-order valence-electron chi connectivity index (χ2n) is 6.33. The van der Waals surface area contributed by atoms with Crippen LogP contribution in [0.15, 0.2) is 75.9 Å². The van der Waals surface area contributed by atoms with Crippen LogP contribution in [0.5, 0.6) is 0 Å². The number of hydrogen-bond acceptors (Lipinski definition) is 6. The number of thioether (sulfide) groups is 1. The van der Waals surface area contributed by atoms with Crippen LogP contribution in [0.25, 0.3) is 5.65 Å². The van der Waals surface area contributed by atoms with Crippen molar-refractivity contribution in [1.82, 2.24) is 19.4 Å². The summed E-state index contributed by atoms with van der Waals surface area (Å²) in [6, 6.07) is 12.3. The number of aryl methyl sites for hydroxylation is 1. The molecule has 0 saturated heterocycles. The Morgan fingerprint density at radius 1 is 1.21 bits per heavy atom. The molecule has 0 bridgehead atoms. The van der Waals surface area contributed by atoms with Crippen molar-refractivity contribution in [2.75, 3.05) is 4.72 Å². The smallest absolute Gasteiger partial charge is 0.279 e. The number of aromatic amines is 1. The van der Waals surface area contributed by atoms with Crippen molar-refractivity contribution < 1.29 is 8.42 Å². The zero-order valence-electron chi connectivity index (χ0n) is 15.4. The van der Waals surface area contributed by atoms with Crippen molar-refractivity contribution in [3.05, 3.63) is 82.8 Å². The third-order valence-corrected chi connectivity index (χ3v) is 6.53. The number of sulfonamides is 1. The number of pyridine rings is 1. The topological polar surface area (TPSA) is 109 Å². The molecule has 4 aromatic rings. The monoisotopic (exact) mass is 427 g/mol. The number of aromatic nitrogens is 4. The van der Waals surface area contributed by atoms with E-state index in [0.717, 1.165) is 10.5 Å². The number of H-pyrrole nitrogens is 1. The molecule has 1 aromatic carbocycles. The van der Waals surface area contributed by atoms with Gasteiger partial charge in [0.2, 0.25) is 0 Å². The first-order chi connectivity index (χ1) is 13.9. The van der Waals surface area contributed by atoms with Gasteiger partial charge in [-0.25, -0.2) is 9.97 Å². The number of nitrogens with one attached hydrogen (secondary N) is 2. The van der Waals surface area contributed by atoms with Crippen LogP contribution in [0.2, 0.25) is 0 Å². The maximum Gasteiger partial charge on any atom is 0.279 e.